The molecule has 3 aliphatic rings. The lowest BCUT2D eigenvalue weighted by Crippen LogP contribution is -2.54. The van der Waals surface area contributed by atoms with Crippen LogP contribution in [0.1, 0.15) is 37.8 Å². The highest BCUT2D eigenvalue weighted by Crippen LogP contribution is 2.33. The lowest BCUT2D eigenvalue weighted by atomic mass is 9.84. The summed E-state index contributed by atoms with van der Waals surface area (Å²) in [4.78, 5) is 44.7. The van der Waals surface area contributed by atoms with E-state index in [0.29, 0.717) is 49.0 Å². The number of benzene rings is 1. The van der Waals surface area contributed by atoms with E-state index in [-0.39, 0.29) is 31.0 Å². The Bertz CT molecular complexity index is 997. The van der Waals surface area contributed by atoms with Gasteiger partial charge in [-0.2, -0.15) is 0 Å². The predicted molar refractivity (Wildman–Crippen MR) is 134 cm³/mol. The number of ether oxygens (including phenoxy) is 1. The molecule has 1 atom stereocenters. The third-order valence-electron chi connectivity index (χ3n) is 6.96. The number of halogens is 1. The number of nitrogens with zero attached hydrogens (tertiary/aromatic N) is 3. The van der Waals surface area contributed by atoms with Gasteiger partial charge in [-0.25, -0.2) is 9.59 Å². The number of urea groups is 1. The molecule has 35 heavy (non-hydrogen) atoms. The Kier molecular flexibility index (Phi) is 8.13. The molecule has 4 rings (SSSR count). The van der Waals surface area contributed by atoms with Gasteiger partial charge < -0.3 is 15.0 Å². The molecule has 0 spiro atoms. The van der Waals surface area contributed by atoms with Gasteiger partial charge >= 0.3 is 12.0 Å². The van der Waals surface area contributed by atoms with E-state index in [1.165, 1.54) is 0 Å². The number of amides is 3. The van der Waals surface area contributed by atoms with Gasteiger partial charge in [0.25, 0.3) is 0 Å². The van der Waals surface area contributed by atoms with Crippen LogP contribution in [-0.2, 0) is 14.3 Å². The van der Waals surface area contributed by atoms with Crippen molar-refractivity contribution in [2.45, 2.75) is 32.2 Å². The molecular weight excluding hydrogens is 468 g/mol. The van der Waals surface area contributed by atoms with Gasteiger partial charge in [-0.05, 0) is 37.5 Å². The number of hydrogen-bond donors (Lipinski definition) is 1. The zero-order chi connectivity index (χ0) is 24.9. The normalized spacial score (nSPS) is 21.4. The van der Waals surface area contributed by atoms with Crippen LogP contribution < -0.4 is 5.32 Å². The fourth-order valence-corrected chi connectivity index (χ4v) is 4.93. The first-order valence-electron chi connectivity index (χ1n) is 12.3. The van der Waals surface area contributed by atoms with Crippen LogP contribution in [0.2, 0.25) is 5.02 Å². The summed E-state index contributed by atoms with van der Waals surface area (Å²) in [5, 5.41) is 3.53. The van der Waals surface area contributed by atoms with E-state index in [1.807, 2.05) is 4.90 Å². The summed E-state index contributed by atoms with van der Waals surface area (Å²) < 4.78 is 5.43. The van der Waals surface area contributed by atoms with E-state index in [4.69, 9.17) is 16.3 Å². The molecule has 0 aromatic heterocycles. The predicted octanol–water partition coefficient (Wildman–Crippen LogP) is 3.35. The summed E-state index contributed by atoms with van der Waals surface area (Å²) in [6.07, 6.45) is 4.76. The smallest absolute Gasteiger partial charge is 0.338 e. The topological polar surface area (TPSA) is 82.2 Å². The van der Waals surface area contributed by atoms with Gasteiger partial charge in [0.2, 0.25) is 5.91 Å². The van der Waals surface area contributed by atoms with Crippen LogP contribution in [0.25, 0.3) is 0 Å². The van der Waals surface area contributed by atoms with E-state index in [2.05, 4.69) is 16.8 Å². The molecular formula is C26H33ClN4O4. The van der Waals surface area contributed by atoms with Crippen LogP contribution in [0.4, 0.5) is 4.79 Å². The number of esters is 1. The molecule has 1 saturated heterocycles. The number of carbonyl (C=O) groups excluding carboxylic acids is 3. The van der Waals surface area contributed by atoms with Gasteiger partial charge in [0.15, 0.2) is 0 Å². The lowest BCUT2D eigenvalue weighted by Gasteiger charge is -2.41. The van der Waals surface area contributed by atoms with Crippen LogP contribution in [0.3, 0.4) is 0 Å². The number of piperazine rings is 1. The Morgan fingerprint density at radius 1 is 1.17 bits per heavy atom. The molecule has 1 N–H and O–H groups in total. The maximum absolute atomic E-state index is 13.2. The molecule has 0 unspecified atom stereocenters. The Morgan fingerprint density at radius 2 is 1.86 bits per heavy atom. The average Bonchev–Trinajstić information content (AvgIpc) is 2.81. The first-order chi connectivity index (χ1) is 16.9. The highest BCUT2D eigenvalue weighted by atomic mass is 35.5. The molecule has 2 fully saturated rings. The van der Waals surface area contributed by atoms with Gasteiger partial charge in [0.05, 0.1) is 18.2 Å². The zero-order valence-corrected chi connectivity index (χ0v) is 20.9. The van der Waals surface area contributed by atoms with Crippen molar-refractivity contribution in [2.24, 2.45) is 5.92 Å². The summed E-state index contributed by atoms with van der Waals surface area (Å²) in [6, 6.07) is 6.12. The van der Waals surface area contributed by atoms with Crippen molar-refractivity contribution in [1.29, 1.82) is 0 Å². The Balaban J connectivity index is 1.62. The molecule has 3 amide bonds. The Labute approximate surface area is 211 Å². The van der Waals surface area contributed by atoms with E-state index in [0.717, 1.165) is 24.8 Å². The Hall–Kier alpha value is -2.84. The van der Waals surface area contributed by atoms with Crippen molar-refractivity contribution >= 4 is 29.5 Å². The maximum Gasteiger partial charge on any atom is 0.338 e. The van der Waals surface area contributed by atoms with Crippen molar-refractivity contribution in [2.75, 3.05) is 45.9 Å². The van der Waals surface area contributed by atoms with Crippen molar-refractivity contribution in [1.82, 2.24) is 20.0 Å². The van der Waals surface area contributed by atoms with Gasteiger partial charge in [-0.15, -0.1) is 6.58 Å². The molecule has 0 radical (unpaired) electrons. The molecule has 1 saturated carbocycles. The molecule has 0 bridgehead atoms. The van der Waals surface area contributed by atoms with Crippen molar-refractivity contribution in [3.8, 4) is 0 Å². The molecule has 8 nitrogen and oxygen atoms in total. The molecule has 1 aromatic rings. The van der Waals surface area contributed by atoms with E-state index < -0.39 is 12.0 Å². The van der Waals surface area contributed by atoms with E-state index >= 15 is 0 Å². The molecule has 2 heterocycles. The van der Waals surface area contributed by atoms with Crippen LogP contribution in [-0.4, -0.2) is 78.5 Å². The van der Waals surface area contributed by atoms with Gasteiger partial charge in [-0.3, -0.25) is 14.6 Å². The molecule has 188 valence electrons. The van der Waals surface area contributed by atoms with E-state index in [1.54, 1.807) is 42.2 Å². The lowest BCUT2D eigenvalue weighted by molar-refractivity contribution is -0.140. The molecule has 9 heteroatoms. The summed E-state index contributed by atoms with van der Waals surface area (Å²) in [5.74, 6) is -0.0179. The highest BCUT2D eigenvalue weighted by molar-refractivity contribution is 6.30. The second-order valence-corrected chi connectivity index (χ2v) is 9.58. The number of carbonyl (C=O) groups is 3. The van der Waals surface area contributed by atoms with Gasteiger partial charge in [0.1, 0.15) is 0 Å². The minimum atomic E-state index is -0.656. The minimum Gasteiger partial charge on any atom is -0.463 e. The molecule has 2 aliphatic heterocycles. The maximum atomic E-state index is 13.2. The second kappa shape index (κ2) is 11.3. The van der Waals surface area contributed by atoms with Crippen LogP contribution in [0.5, 0.6) is 0 Å². The second-order valence-electron chi connectivity index (χ2n) is 9.14. The van der Waals surface area contributed by atoms with Crippen molar-refractivity contribution < 1.29 is 19.1 Å². The largest absolute Gasteiger partial charge is 0.463 e. The first-order valence-corrected chi connectivity index (χ1v) is 12.7. The van der Waals surface area contributed by atoms with Crippen LogP contribution in [0, 0.1) is 5.92 Å². The van der Waals surface area contributed by atoms with Crippen LogP contribution in [0.15, 0.2) is 48.2 Å². The van der Waals surface area contributed by atoms with Gasteiger partial charge in [-0.1, -0.05) is 36.2 Å². The zero-order valence-electron chi connectivity index (χ0n) is 20.2. The summed E-state index contributed by atoms with van der Waals surface area (Å²) in [5.41, 5.74) is 1.76. The molecule has 1 aliphatic carbocycles. The third-order valence-corrected chi connectivity index (χ3v) is 7.21. The number of nitrogens with one attached hydrogen (secondary N) is 1. The average molecular weight is 501 g/mol. The number of rotatable bonds is 8. The standard InChI is InChI=1S/C26H33ClN4O4/c1-3-12-31-21(17-29-13-15-30(16-14-29)24(32)19-6-5-7-19)22(25(33)35-4-2)23(28-26(31)34)18-8-10-20(27)11-9-18/h3,8-11,19,23H,1,4-7,12-17H2,2H3,(H,28,34)/t23-/m1/s1. The van der Waals surface area contributed by atoms with Gasteiger partial charge in [0, 0.05) is 55.9 Å². The van der Waals surface area contributed by atoms with Crippen molar-refractivity contribution in [3.05, 3.63) is 58.8 Å². The third kappa shape index (κ3) is 5.54. The minimum absolute atomic E-state index is 0.185. The summed E-state index contributed by atoms with van der Waals surface area (Å²) >= 11 is 6.07. The SMILES string of the molecule is C=CCN1C(=O)N[C@H](c2ccc(Cl)cc2)C(C(=O)OCC)=C1CN1CCN(C(=O)C2CCC2)CC1. The van der Waals surface area contributed by atoms with Crippen LogP contribution >= 0.6 is 11.6 Å². The summed E-state index contributed by atoms with van der Waals surface area (Å²) in [7, 11) is 0. The monoisotopic (exact) mass is 500 g/mol. The quantitative estimate of drug-likeness (QED) is 0.437. The fraction of sp³-hybridized carbons (Fsp3) is 0.500. The molecule has 1 aromatic carbocycles. The summed E-state index contributed by atoms with van der Waals surface area (Å²) in [6.45, 7) is 9.07. The number of hydrogen-bond acceptors (Lipinski definition) is 5. The fourth-order valence-electron chi connectivity index (χ4n) is 4.80. The van der Waals surface area contributed by atoms with Crippen molar-refractivity contribution in [3.63, 3.8) is 0 Å². The van der Waals surface area contributed by atoms with E-state index in [9.17, 15) is 14.4 Å². The Morgan fingerprint density at radius 3 is 2.43 bits per heavy atom. The first kappa shape index (κ1) is 25.3. The highest BCUT2D eigenvalue weighted by Gasteiger charge is 2.39.